The summed E-state index contributed by atoms with van der Waals surface area (Å²) in [5, 5.41) is 3.14. The quantitative estimate of drug-likeness (QED) is 0.904. The highest BCUT2D eigenvalue weighted by Gasteiger charge is 2.35. The normalized spacial score (nSPS) is 23.6. The topological polar surface area (TPSA) is 30.5 Å². The summed E-state index contributed by atoms with van der Waals surface area (Å²) in [5.41, 5.74) is -0.788. The molecule has 1 fully saturated rings. The summed E-state index contributed by atoms with van der Waals surface area (Å²) in [4.78, 5) is 0. The van der Waals surface area contributed by atoms with E-state index in [1.54, 1.807) is 0 Å². The highest BCUT2D eigenvalue weighted by atomic mass is 79.9. The summed E-state index contributed by atoms with van der Waals surface area (Å²) < 4.78 is 50.0. The van der Waals surface area contributed by atoms with Gasteiger partial charge >= 0.3 is 6.18 Å². The second-order valence-corrected chi connectivity index (χ2v) is 5.59. The Morgan fingerprint density at radius 1 is 1.40 bits per heavy atom. The number of ether oxygens (including phenoxy) is 2. The van der Waals surface area contributed by atoms with Crippen LogP contribution in [0.5, 0.6) is 5.75 Å². The van der Waals surface area contributed by atoms with Gasteiger partial charge in [-0.3, -0.25) is 0 Å². The molecule has 2 atom stereocenters. The SMILES string of the molecule is CC1CNCC(COc2ccc(Br)cc2C(F)(F)F)O1. The summed E-state index contributed by atoms with van der Waals surface area (Å²) in [6.45, 7) is 3.30. The molecule has 0 aliphatic carbocycles. The molecule has 20 heavy (non-hydrogen) atoms. The fourth-order valence-corrected chi connectivity index (χ4v) is 2.36. The lowest BCUT2D eigenvalue weighted by Gasteiger charge is -2.29. The number of alkyl halides is 3. The second kappa shape index (κ2) is 6.32. The predicted molar refractivity (Wildman–Crippen MR) is 71.8 cm³/mol. The van der Waals surface area contributed by atoms with Gasteiger partial charge in [0.15, 0.2) is 0 Å². The van der Waals surface area contributed by atoms with Gasteiger partial charge in [-0.2, -0.15) is 13.2 Å². The first-order valence-corrected chi connectivity index (χ1v) is 7.01. The van der Waals surface area contributed by atoms with Gasteiger partial charge in [0.25, 0.3) is 0 Å². The van der Waals surface area contributed by atoms with Crippen molar-refractivity contribution in [3.05, 3.63) is 28.2 Å². The predicted octanol–water partition coefficient (Wildman–Crippen LogP) is 3.22. The van der Waals surface area contributed by atoms with E-state index in [-0.39, 0.29) is 24.6 Å². The minimum Gasteiger partial charge on any atom is -0.490 e. The third kappa shape index (κ3) is 4.10. The highest BCUT2D eigenvalue weighted by Crippen LogP contribution is 2.37. The van der Waals surface area contributed by atoms with Crippen molar-refractivity contribution >= 4 is 15.9 Å². The molecule has 1 aliphatic heterocycles. The zero-order valence-corrected chi connectivity index (χ0v) is 12.4. The van der Waals surface area contributed by atoms with E-state index >= 15 is 0 Å². The number of nitrogens with one attached hydrogen (secondary N) is 1. The van der Waals surface area contributed by atoms with Crippen LogP contribution in [0.3, 0.4) is 0 Å². The van der Waals surface area contributed by atoms with Crippen molar-refractivity contribution in [2.75, 3.05) is 19.7 Å². The van der Waals surface area contributed by atoms with Gasteiger partial charge in [0.05, 0.1) is 11.7 Å². The summed E-state index contributed by atoms with van der Waals surface area (Å²) >= 11 is 3.03. The summed E-state index contributed by atoms with van der Waals surface area (Å²) in [6.07, 6.45) is -4.66. The van der Waals surface area contributed by atoms with Gasteiger partial charge in [-0.1, -0.05) is 15.9 Å². The van der Waals surface area contributed by atoms with E-state index in [1.807, 2.05) is 6.92 Å². The van der Waals surface area contributed by atoms with Gasteiger partial charge in [-0.15, -0.1) is 0 Å². The average molecular weight is 354 g/mol. The van der Waals surface area contributed by atoms with E-state index in [1.165, 1.54) is 12.1 Å². The second-order valence-electron chi connectivity index (χ2n) is 4.68. The van der Waals surface area contributed by atoms with Crippen LogP contribution in [0.2, 0.25) is 0 Å². The molecular formula is C13H15BrF3NO2. The molecule has 2 unspecified atom stereocenters. The third-order valence-corrected chi connectivity index (χ3v) is 3.39. The van der Waals surface area contributed by atoms with E-state index in [2.05, 4.69) is 21.2 Å². The van der Waals surface area contributed by atoms with Crippen LogP contribution in [0.25, 0.3) is 0 Å². The van der Waals surface area contributed by atoms with Crippen LogP contribution in [0.4, 0.5) is 13.2 Å². The van der Waals surface area contributed by atoms with Gasteiger partial charge in [0, 0.05) is 17.6 Å². The van der Waals surface area contributed by atoms with Crippen molar-refractivity contribution in [3.63, 3.8) is 0 Å². The standard InChI is InChI=1S/C13H15BrF3NO2/c1-8-5-18-6-10(20-8)7-19-12-3-2-9(14)4-11(12)13(15,16)17/h2-4,8,10,18H,5-7H2,1H3. The third-order valence-electron chi connectivity index (χ3n) is 2.90. The molecule has 0 radical (unpaired) electrons. The molecule has 2 rings (SSSR count). The first-order chi connectivity index (χ1) is 9.36. The zero-order chi connectivity index (χ0) is 14.8. The van der Waals surface area contributed by atoms with Crippen LogP contribution < -0.4 is 10.1 Å². The lowest BCUT2D eigenvalue weighted by atomic mass is 10.2. The van der Waals surface area contributed by atoms with E-state index in [0.29, 0.717) is 11.0 Å². The molecular weight excluding hydrogens is 339 g/mol. The number of hydrogen-bond acceptors (Lipinski definition) is 3. The maximum absolute atomic E-state index is 12.9. The van der Waals surface area contributed by atoms with E-state index in [4.69, 9.17) is 9.47 Å². The number of morpholine rings is 1. The zero-order valence-electron chi connectivity index (χ0n) is 10.8. The molecule has 1 aromatic carbocycles. The van der Waals surface area contributed by atoms with Crippen molar-refractivity contribution in [3.8, 4) is 5.75 Å². The first-order valence-electron chi connectivity index (χ1n) is 6.22. The smallest absolute Gasteiger partial charge is 0.420 e. The Morgan fingerprint density at radius 3 is 2.80 bits per heavy atom. The Bertz CT molecular complexity index is 467. The maximum atomic E-state index is 12.9. The molecule has 1 aliphatic rings. The fourth-order valence-electron chi connectivity index (χ4n) is 2.00. The number of rotatable bonds is 3. The van der Waals surface area contributed by atoms with Crippen molar-refractivity contribution in [1.82, 2.24) is 5.32 Å². The summed E-state index contributed by atoms with van der Waals surface area (Å²) in [6, 6.07) is 3.84. The van der Waals surface area contributed by atoms with Gasteiger partial charge in [0.2, 0.25) is 0 Å². The van der Waals surface area contributed by atoms with Gasteiger partial charge in [0.1, 0.15) is 18.5 Å². The van der Waals surface area contributed by atoms with Gasteiger partial charge in [-0.05, 0) is 25.1 Å². The Labute approximate surface area is 123 Å². The number of halogens is 4. The number of benzene rings is 1. The molecule has 1 saturated heterocycles. The fraction of sp³-hybridized carbons (Fsp3) is 0.538. The Balaban J connectivity index is 2.05. The van der Waals surface area contributed by atoms with E-state index in [9.17, 15) is 13.2 Å². The molecule has 112 valence electrons. The van der Waals surface area contributed by atoms with Crippen LogP contribution in [-0.2, 0) is 10.9 Å². The minimum atomic E-state index is -4.45. The van der Waals surface area contributed by atoms with Crippen LogP contribution in [0.15, 0.2) is 22.7 Å². The van der Waals surface area contributed by atoms with E-state index in [0.717, 1.165) is 12.6 Å². The van der Waals surface area contributed by atoms with Gasteiger partial charge in [-0.25, -0.2) is 0 Å². The van der Waals surface area contributed by atoms with Crippen LogP contribution in [0, 0.1) is 0 Å². The average Bonchev–Trinajstić information content (AvgIpc) is 2.36. The van der Waals surface area contributed by atoms with Gasteiger partial charge < -0.3 is 14.8 Å². The lowest BCUT2D eigenvalue weighted by Crippen LogP contribution is -2.45. The molecule has 0 saturated carbocycles. The van der Waals surface area contributed by atoms with Crippen LogP contribution >= 0.6 is 15.9 Å². The Morgan fingerprint density at radius 2 is 2.15 bits per heavy atom. The highest BCUT2D eigenvalue weighted by molar-refractivity contribution is 9.10. The van der Waals surface area contributed by atoms with E-state index < -0.39 is 11.7 Å². The van der Waals surface area contributed by atoms with Crippen molar-refractivity contribution < 1.29 is 22.6 Å². The summed E-state index contributed by atoms with van der Waals surface area (Å²) in [5.74, 6) is -0.178. The Kier molecular flexibility index (Phi) is 4.93. The molecule has 0 spiro atoms. The Hall–Kier alpha value is -0.790. The summed E-state index contributed by atoms with van der Waals surface area (Å²) in [7, 11) is 0. The lowest BCUT2D eigenvalue weighted by molar-refractivity contribution is -0.139. The largest absolute Gasteiger partial charge is 0.490 e. The molecule has 7 heteroatoms. The van der Waals surface area contributed by atoms with Crippen molar-refractivity contribution in [2.45, 2.75) is 25.3 Å². The molecule has 0 bridgehead atoms. The monoisotopic (exact) mass is 353 g/mol. The first kappa shape index (κ1) is 15.6. The molecule has 1 N–H and O–H groups in total. The van der Waals surface area contributed by atoms with Crippen molar-refractivity contribution in [1.29, 1.82) is 0 Å². The molecule has 3 nitrogen and oxygen atoms in total. The molecule has 1 heterocycles. The van der Waals surface area contributed by atoms with Crippen LogP contribution in [0.1, 0.15) is 12.5 Å². The van der Waals surface area contributed by atoms with Crippen LogP contribution in [-0.4, -0.2) is 31.9 Å². The number of hydrogen-bond donors (Lipinski definition) is 1. The maximum Gasteiger partial charge on any atom is 0.420 e. The molecule has 1 aromatic rings. The van der Waals surface area contributed by atoms with Crippen molar-refractivity contribution in [2.24, 2.45) is 0 Å². The molecule has 0 aromatic heterocycles. The minimum absolute atomic E-state index is 0.0318. The molecule has 0 amide bonds.